The summed E-state index contributed by atoms with van der Waals surface area (Å²) in [4.78, 5) is 22.7. The van der Waals surface area contributed by atoms with Crippen LogP contribution in [0.4, 0.5) is 0 Å². The minimum absolute atomic E-state index is 0.0928. The van der Waals surface area contributed by atoms with Crippen LogP contribution >= 0.6 is 11.8 Å². The molecule has 0 aromatic rings. The van der Waals surface area contributed by atoms with Crippen molar-refractivity contribution in [3.05, 3.63) is 11.0 Å². The van der Waals surface area contributed by atoms with Gasteiger partial charge in [-0.15, -0.1) is 11.8 Å². The second kappa shape index (κ2) is 5.21. The largest absolute Gasteiger partial charge is 0.481 e. The molecule has 0 aromatic carbocycles. The molecule has 0 saturated heterocycles. The summed E-state index contributed by atoms with van der Waals surface area (Å²) in [7, 11) is 1.33. The van der Waals surface area contributed by atoms with Gasteiger partial charge >= 0.3 is 11.9 Å². The van der Waals surface area contributed by atoms with Crippen molar-refractivity contribution < 1.29 is 19.4 Å². The van der Waals surface area contributed by atoms with Gasteiger partial charge in [-0.25, -0.2) is 4.79 Å². The van der Waals surface area contributed by atoms with Crippen molar-refractivity contribution in [2.45, 2.75) is 13.3 Å². The molecule has 0 spiro atoms. The van der Waals surface area contributed by atoms with Crippen molar-refractivity contribution in [2.75, 3.05) is 12.9 Å². The maximum absolute atomic E-state index is 11.3. The predicted molar refractivity (Wildman–Crippen MR) is 57.5 cm³/mol. The quantitative estimate of drug-likeness (QED) is 0.729. The summed E-state index contributed by atoms with van der Waals surface area (Å²) < 4.78 is 4.61. The number of hydrogen-bond donors (Lipinski definition) is 1. The van der Waals surface area contributed by atoms with Crippen LogP contribution in [0.25, 0.3) is 0 Å². The Bertz CT molecular complexity index is 298. The van der Waals surface area contributed by atoms with Gasteiger partial charge in [-0.05, 0) is 12.3 Å². The number of carboxylic acid groups (broad SMARTS) is 1. The standard InChI is InChI=1S/C10H14O4S/c1-6-3-7(9(11)12)5-15-8(4-6)10(13)14-2/h4,6-7H,3,5H2,1-2H3,(H,11,12)/t6-,7-/m0/s1. The molecule has 4 nitrogen and oxygen atoms in total. The Kier molecular flexibility index (Phi) is 4.20. The van der Waals surface area contributed by atoms with E-state index in [-0.39, 0.29) is 17.8 Å². The maximum atomic E-state index is 11.3. The van der Waals surface area contributed by atoms with E-state index in [0.717, 1.165) is 0 Å². The number of allylic oxidation sites excluding steroid dienone is 1. The van der Waals surface area contributed by atoms with Crippen LogP contribution in [-0.2, 0) is 14.3 Å². The number of rotatable bonds is 2. The first-order chi connectivity index (χ1) is 7.04. The lowest BCUT2D eigenvalue weighted by molar-refractivity contribution is -0.141. The van der Waals surface area contributed by atoms with Gasteiger partial charge in [0.15, 0.2) is 0 Å². The first-order valence-corrected chi connectivity index (χ1v) is 5.69. The molecule has 0 amide bonds. The lowest BCUT2D eigenvalue weighted by Crippen LogP contribution is -2.17. The van der Waals surface area contributed by atoms with Crippen LogP contribution in [0.5, 0.6) is 0 Å². The van der Waals surface area contributed by atoms with Gasteiger partial charge in [0.05, 0.1) is 17.9 Å². The Labute approximate surface area is 92.7 Å². The van der Waals surface area contributed by atoms with E-state index in [1.54, 1.807) is 6.08 Å². The third-order valence-electron chi connectivity index (χ3n) is 2.27. The smallest absolute Gasteiger partial charge is 0.344 e. The molecule has 0 bridgehead atoms. The molecule has 0 saturated carbocycles. The van der Waals surface area contributed by atoms with Crippen LogP contribution in [0.2, 0.25) is 0 Å². The van der Waals surface area contributed by atoms with Crippen LogP contribution in [-0.4, -0.2) is 29.9 Å². The van der Waals surface area contributed by atoms with E-state index in [1.165, 1.54) is 18.9 Å². The number of esters is 1. The Morgan fingerprint density at radius 1 is 1.60 bits per heavy atom. The molecule has 1 aliphatic rings. The molecule has 1 N–H and O–H groups in total. The number of hydrogen-bond acceptors (Lipinski definition) is 4. The average molecular weight is 230 g/mol. The number of methoxy groups -OCH3 is 1. The van der Waals surface area contributed by atoms with E-state index in [2.05, 4.69) is 4.74 Å². The minimum Gasteiger partial charge on any atom is -0.481 e. The highest BCUT2D eigenvalue weighted by atomic mass is 32.2. The fourth-order valence-electron chi connectivity index (χ4n) is 1.48. The van der Waals surface area contributed by atoms with Crippen LogP contribution in [0.15, 0.2) is 11.0 Å². The minimum atomic E-state index is -0.797. The molecule has 2 atom stereocenters. The van der Waals surface area contributed by atoms with Crippen molar-refractivity contribution in [1.29, 1.82) is 0 Å². The van der Waals surface area contributed by atoms with E-state index in [0.29, 0.717) is 17.1 Å². The Hall–Kier alpha value is -0.970. The van der Waals surface area contributed by atoms with Crippen molar-refractivity contribution >= 4 is 23.7 Å². The predicted octanol–water partition coefficient (Wildman–Crippen LogP) is 1.52. The second-order valence-electron chi connectivity index (χ2n) is 3.58. The average Bonchev–Trinajstić information content (AvgIpc) is 2.38. The van der Waals surface area contributed by atoms with Gasteiger partial charge in [-0.1, -0.05) is 13.0 Å². The summed E-state index contributed by atoms with van der Waals surface area (Å²) in [5.74, 6) is -1.04. The monoisotopic (exact) mass is 230 g/mol. The van der Waals surface area contributed by atoms with Gasteiger partial charge in [-0.2, -0.15) is 0 Å². The molecule has 1 heterocycles. The molecule has 1 rings (SSSR count). The molecule has 1 aliphatic heterocycles. The van der Waals surface area contributed by atoms with Gasteiger partial charge in [0.1, 0.15) is 0 Å². The Morgan fingerprint density at radius 3 is 2.80 bits per heavy atom. The highest BCUT2D eigenvalue weighted by Gasteiger charge is 2.26. The zero-order chi connectivity index (χ0) is 11.4. The Morgan fingerprint density at radius 2 is 2.27 bits per heavy atom. The number of carboxylic acids is 1. The summed E-state index contributed by atoms with van der Waals surface area (Å²) in [6.45, 7) is 1.91. The number of thioether (sulfide) groups is 1. The molecule has 15 heavy (non-hydrogen) atoms. The van der Waals surface area contributed by atoms with Gasteiger partial charge in [0, 0.05) is 5.75 Å². The summed E-state index contributed by atoms with van der Waals surface area (Å²) in [5, 5.41) is 8.91. The van der Waals surface area contributed by atoms with Crippen LogP contribution in [0.3, 0.4) is 0 Å². The highest BCUT2D eigenvalue weighted by Crippen LogP contribution is 2.30. The summed E-state index contributed by atoms with van der Waals surface area (Å²) >= 11 is 1.26. The number of carbonyl (C=O) groups excluding carboxylic acids is 1. The zero-order valence-electron chi connectivity index (χ0n) is 8.73. The molecule has 0 unspecified atom stereocenters. The molecule has 0 aromatic heterocycles. The maximum Gasteiger partial charge on any atom is 0.344 e. The van der Waals surface area contributed by atoms with Crippen LogP contribution in [0.1, 0.15) is 13.3 Å². The van der Waals surface area contributed by atoms with Gasteiger partial charge in [0.25, 0.3) is 0 Å². The van der Waals surface area contributed by atoms with Crippen LogP contribution in [0, 0.1) is 11.8 Å². The van der Waals surface area contributed by atoms with E-state index in [1.807, 2.05) is 6.92 Å². The Balaban J connectivity index is 2.73. The molecular weight excluding hydrogens is 216 g/mol. The first kappa shape index (κ1) is 12.1. The molecular formula is C10H14O4S. The number of carbonyl (C=O) groups is 2. The topological polar surface area (TPSA) is 63.6 Å². The third-order valence-corrected chi connectivity index (χ3v) is 3.45. The SMILES string of the molecule is COC(=O)C1=C[C@@H](C)C[C@H](C(=O)O)CS1. The highest BCUT2D eigenvalue weighted by molar-refractivity contribution is 8.04. The van der Waals surface area contributed by atoms with E-state index in [4.69, 9.17) is 5.11 Å². The van der Waals surface area contributed by atoms with Gasteiger partial charge in [0.2, 0.25) is 0 Å². The lowest BCUT2D eigenvalue weighted by Gasteiger charge is -2.09. The molecule has 5 heteroatoms. The normalized spacial score (nSPS) is 26.4. The fraction of sp³-hybridized carbons (Fsp3) is 0.600. The molecule has 0 aliphatic carbocycles. The van der Waals surface area contributed by atoms with E-state index < -0.39 is 5.97 Å². The zero-order valence-corrected chi connectivity index (χ0v) is 9.54. The van der Waals surface area contributed by atoms with E-state index in [9.17, 15) is 9.59 Å². The fourth-order valence-corrected chi connectivity index (χ4v) is 2.67. The van der Waals surface area contributed by atoms with Crippen LogP contribution < -0.4 is 0 Å². The van der Waals surface area contributed by atoms with Gasteiger partial charge < -0.3 is 9.84 Å². The lowest BCUT2D eigenvalue weighted by atomic mass is 9.97. The van der Waals surface area contributed by atoms with Gasteiger partial charge in [-0.3, -0.25) is 4.79 Å². The molecule has 84 valence electrons. The van der Waals surface area contributed by atoms with Crippen molar-refractivity contribution in [1.82, 2.24) is 0 Å². The summed E-state index contributed by atoms with van der Waals surface area (Å²) in [6.07, 6.45) is 2.36. The first-order valence-electron chi connectivity index (χ1n) is 4.70. The van der Waals surface area contributed by atoms with Crippen molar-refractivity contribution in [3.8, 4) is 0 Å². The van der Waals surface area contributed by atoms with Crippen molar-refractivity contribution in [3.63, 3.8) is 0 Å². The van der Waals surface area contributed by atoms with E-state index >= 15 is 0 Å². The summed E-state index contributed by atoms with van der Waals surface area (Å²) in [5.41, 5.74) is 0. The molecule has 0 fully saturated rings. The number of ether oxygens (including phenoxy) is 1. The third kappa shape index (κ3) is 3.27. The number of aliphatic carboxylic acids is 1. The molecule has 0 radical (unpaired) electrons. The second-order valence-corrected chi connectivity index (χ2v) is 4.64. The van der Waals surface area contributed by atoms with Crippen molar-refractivity contribution in [2.24, 2.45) is 11.8 Å². The summed E-state index contributed by atoms with van der Waals surface area (Å²) in [6, 6.07) is 0.